The van der Waals surface area contributed by atoms with E-state index in [1.807, 2.05) is 29.2 Å². The molecule has 7 heteroatoms. The quantitative estimate of drug-likeness (QED) is 0.663. The first kappa shape index (κ1) is 18.5. The average molecular weight is 409 g/mol. The molecule has 2 aliphatic rings. The van der Waals surface area contributed by atoms with Crippen LogP contribution in [-0.2, 0) is 4.74 Å². The number of likely N-dealkylation sites (tertiary alicyclic amines) is 1. The molecule has 0 saturated carbocycles. The zero-order chi connectivity index (χ0) is 19.6. The van der Waals surface area contributed by atoms with Gasteiger partial charge in [-0.1, -0.05) is 12.1 Å². The van der Waals surface area contributed by atoms with E-state index in [-0.39, 0.29) is 5.91 Å². The average Bonchev–Trinajstić information content (AvgIpc) is 3.24. The van der Waals surface area contributed by atoms with Crippen LogP contribution < -0.4 is 4.90 Å². The van der Waals surface area contributed by atoms with Gasteiger partial charge in [-0.25, -0.2) is 4.98 Å². The third kappa shape index (κ3) is 3.84. The lowest BCUT2D eigenvalue weighted by Crippen LogP contribution is -2.40. The Labute approximate surface area is 174 Å². The number of hydrogen-bond donors (Lipinski definition) is 0. The summed E-state index contributed by atoms with van der Waals surface area (Å²) in [4.78, 5) is 26.6. The second kappa shape index (κ2) is 8.08. The van der Waals surface area contributed by atoms with Crippen LogP contribution in [0, 0.1) is 0 Å². The molecule has 0 spiro atoms. The van der Waals surface area contributed by atoms with Crippen LogP contribution in [0.5, 0.6) is 0 Å². The Kier molecular flexibility index (Phi) is 5.16. The minimum atomic E-state index is 0.0194. The number of piperidine rings is 1. The summed E-state index contributed by atoms with van der Waals surface area (Å²) in [5.41, 5.74) is 2.63. The molecule has 2 saturated heterocycles. The van der Waals surface area contributed by atoms with Gasteiger partial charge < -0.3 is 14.5 Å². The van der Waals surface area contributed by atoms with Crippen molar-refractivity contribution in [2.24, 2.45) is 0 Å². The van der Waals surface area contributed by atoms with E-state index in [4.69, 9.17) is 9.72 Å². The van der Waals surface area contributed by atoms with Gasteiger partial charge >= 0.3 is 0 Å². The molecule has 1 amide bonds. The summed E-state index contributed by atoms with van der Waals surface area (Å²) in [5, 5.41) is 1.14. The number of hydrogen-bond acceptors (Lipinski definition) is 6. The summed E-state index contributed by atoms with van der Waals surface area (Å²) in [6.45, 7) is 4.64. The second-order valence-corrected chi connectivity index (χ2v) is 8.67. The smallest absolute Gasteiger partial charge is 0.272 e. The Hall–Kier alpha value is -2.51. The minimum absolute atomic E-state index is 0.0194. The summed E-state index contributed by atoms with van der Waals surface area (Å²) in [6.07, 6.45) is 3.81. The highest BCUT2D eigenvalue weighted by atomic mass is 32.1. The Balaban J connectivity index is 1.33. The number of para-hydroxylation sites is 1. The van der Waals surface area contributed by atoms with Gasteiger partial charge in [0, 0.05) is 44.0 Å². The van der Waals surface area contributed by atoms with Gasteiger partial charge in [0.2, 0.25) is 0 Å². The van der Waals surface area contributed by atoms with E-state index in [1.54, 1.807) is 17.5 Å². The van der Waals surface area contributed by atoms with E-state index in [2.05, 4.69) is 22.0 Å². The van der Waals surface area contributed by atoms with Gasteiger partial charge in [-0.05, 0) is 37.1 Å². The second-order valence-electron chi connectivity index (χ2n) is 7.61. The molecule has 1 aromatic carbocycles. The van der Waals surface area contributed by atoms with Crippen molar-refractivity contribution in [2.45, 2.75) is 18.8 Å². The number of aromatic nitrogens is 2. The number of fused-ring (bicyclic) bond motifs is 1. The predicted molar refractivity (Wildman–Crippen MR) is 115 cm³/mol. The highest BCUT2D eigenvalue weighted by molar-refractivity contribution is 7.18. The van der Waals surface area contributed by atoms with E-state index in [0.717, 1.165) is 61.9 Å². The van der Waals surface area contributed by atoms with Crippen LogP contribution in [0.2, 0.25) is 0 Å². The van der Waals surface area contributed by atoms with Gasteiger partial charge in [0.1, 0.15) is 5.69 Å². The van der Waals surface area contributed by atoms with E-state index in [0.29, 0.717) is 18.2 Å². The molecule has 2 aliphatic heterocycles. The van der Waals surface area contributed by atoms with Gasteiger partial charge in [-0.15, -0.1) is 11.3 Å². The molecule has 0 bridgehead atoms. The number of ether oxygens (including phenoxy) is 1. The normalized spacial score (nSPS) is 20.2. The van der Waals surface area contributed by atoms with Crippen LogP contribution in [0.4, 0.5) is 5.69 Å². The van der Waals surface area contributed by atoms with Gasteiger partial charge in [-0.3, -0.25) is 9.78 Å². The van der Waals surface area contributed by atoms with Crippen LogP contribution in [0.1, 0.15) is 34.3 Å². The summed E-state index contributed by atoms with van der Waals surface area (Å²) in [5.74, 6) is 0.318. The molecule has 0 N–H and O–H groups in total. The molecular weight excluding hydrogens is 384 g/mol. The van der Waals surface area contributed by atoms with Gasteiger partial charge in [0.05, 0.1) is 28.4 Å². The summed E-state index contributed by atoms with van der Waals surface area (Å²) >= 11 is 1.75. The van der Waals surface area contributed by atoms with E-state index >= 15 is 0 Å². The molecule has 1 atom stereocenters. The number of anilines is 1. The zero-order valence-electron chi connectivity index (χ0n) is 16.3. The number of pyridine rings is 1. The maximum absolute atomic E-state index is 13.2. The zero-order valence-corrected chi connectivity index (χ0v) is 17.1. The van der Waals surface area contributed by atoms with Gasteiger partial charge in [0.25, 0.3) is 5.91 Å². The molecule has 6 nitrogen and oxygen atoms in total. The predicted octanol–water partition coefficient (Wildman–Crippen LogP) is 3.55. The number of morpholine rings is 1. The van der Waals surface area contributed by atoms with Crippen molar-refractivity contribution >= 4 is 33.1 Å². The fourth-order valence-electron chi connectivity index (χ4n) is 4.14. The third-order valence-corrected chi connectivity index (χ3v) is 6.91. The molecular formula is C22H24N4O2S. The lowest BCUT2D eigenvalue weighted by Gasteiger charge is -2.32. The lowest BCUT2D eigenvalue weighted by molar-refractivity contribution is 0.0701. The third-order valence-electron chi connectivity index (χ3n) is 5.71. The number of amides is 1. The monoisotopic (exact) mass is 408 g/mol. The molecule has 2 fully saturated rings. The number of benzene rings is 1. The fourth-order valence-corrected chi connectivity index (χ4v) is 5.24. The molecule has 5 rings (SSSR count). The fraction of sp³-hybridized carbons (Fsp3) is 0.409. The van der Waals surface area contributed by atoms with E-state index in [9.17, 15) is 4.79 Å². The Bertz CT molecular complexity index is 982. The number of thiazole rings is 1. The number of carbonyl (C=O) groups excluding carboxylic acids is 1. The molecule has 150 valence electrons. The van der Waals surface area contributed by atoms with Crippen molar-refractivity contribution < 1.29 is 9.53 Å². The van der Waals surface area contributed by atoms with E-state index < -0.39 is 0 Å². The Morgan fingerprint density at radius 2 is 2.00 bits per heavy atom. The molecule has 0 radical (unpaired) electrons. The van der Waals surface area contributed by atoms with Crippen LogP contribution in [0.3, 0.4) is 0 Å². The Morgan fingerprint density at radius 1 is 1.14 bits per heavy atom. The molecule has 29 heavy (non-hydrogen) atoms. The summed E-state index contributed by atoms with van der Waals surface area (Å²) in [6, 6.07) is 12.1. The molecule has 0 unspecified atom stereocenters. The number of carbonyl (C=O) groups is 1. The molecule has 2 aromatic heterocycles. The first-order valence-electron chi connectivity index (χ1n) is 10.2. The van der Waals surface area contributed by atoms with Crippen LogP contribution in [-0.4, -0.2) is 60.2 Å². The number of nitrogens with zero attached hydrogens (tertiary/aromatic N) is 4. The van der Waals surface area contributed by atoms with Crippen molar-refractivity contribution in [1.29, 1.82) is 0 Å². The first-order chi connectivity index (χ1) is 14.3. The van der Waals surface area contributed by atoms with Crippen molar-refractivity contribution in [2.75, 3.05) is 44.3 Å². The maximum Gasteiger partial charge on any atom is 0.272 e. The first-order valence-corrected chi connectivity index (χ1v) is 11.0. The largest absolute Gasteiger partial charge is 0.378 e. The topological polar surface area (TPSA) is 58.6 Å². The van der Waals surface area contributed by atoms with Crippen LogP contribution in [0.25, 0.3) is 10.2 Å². The highest BCUT2D eigenvalue weighted by Crippen LogP contribution is 2.33. The Morgan fingerprint density at radius 3 is 2.86 bits per heavy atom. The van der Waals surface area contributed by atoms with Crippen molar-refractivity contribution in [3.8, 4) is 0 Å². The highest BCUT2D eigenvalue weighted by Gasteiger charge is 2.28. The molecule has 0 aliphatic carbocycles. The van der Waals surface area contributed by atoms with Gasteiger partial charge in [-0.2, -0.15) is 0 Å². The summed E-state index contributed by atoms with van der Waals surface area (Å²) in [7, 11) is 0. The van der Waals surface area contributed by atoms with Crippen molar-refractivity contribution in [3.63, 3.8) is 0 Å². The van der Waals surface area contributed by atoms with E-state index in [1.165, 1.54) is 4.70 Å². The standard InChI is InChI=1S/C22H24N4O2S/c27-22(19-14-17(7-8-23-19)25-10-12-28-13-11-25)26-9-3-4-16(15-26)21-24-18-5-1-2-6-20(18)29-21/h1-2,5-8,14,16H,3-4,9-13,15H2/t16-/m1/s1. The van der Waals surface area contributed by atoms with Crippen LogP contribution >= 0.6 is 11.3 Å². The van der Waals surface area contributed by atoms with Gasteiger partial charge in [0.15, 0.2) is 0 Å². The molecule has 4 heterocycles. The van der Waals surface area contributed by atoms with Crippen molar-refractivity contribution in [1.82, 2.24) is 14.9 Å². The van der Waals surface area contributed by atoms with Crippen LogP contribution in [0.15, 0.2) is 42.6 Å². The SMILES string of the molecule is O=C(c1cc(N2CCOCC2)ccn1)N1CCC[C@@H](c2nc3ccccc3s2)C1. The van der Waals surface area contributed by atoms with Crippen molar-refractivity contribution in [3.05, 3.63) is 53.3 Å². The lowest BCUT2D eigenvalue weighted by atomic mass is 9.98. The number of rotatable bonds is 3. The summed E-state index contributed by atoms with van der Waals surface area (Å²) < 4.78 is 6.65. The molecule has 3 aromatic rings. The maximum atomic E-state index is 13.2. The minimum Gasteiger partial charge on any atom is -0.378 e.